The first-order chi connectivity index (χ1) is 26.1. The second-order valence-corrected chi connectivity index (χ2v) is 14.6. The predicted octanol–water partition coefficient (Wildman–Crippen LogP) is 7.56. The van der Waals surface area contributed by atoms with E-state index in [-0.39, 0.29) is 42.0 Å². The third-order valence-corrected chi connectivity index (χ3v) is 10.7. The quantitative estimate of drug-likeness (QED) is 0.0538. The van der Waals surface area contributed by atoms with E-state index in [2.05, 4.69) is 12.2 Å². The van der Waals surface area contributed by atoms with Crippen LogP contribution in [0.15, 0.2) is 29.1 Å². The lowest BCUT2D eigenvalue weighted by Gasteiger charge is -2.25. The first-order valence-electron chi connectivity index (χ1n) is 19.9. The molecule has 0 fully saturated rings. The normalized spacial score (nSPS) is 14.9. The molecule has 1 unspecified atom stereocenters. The molecule has 0 saturated heterocycles. The van der Waals surface area contributed by atoms with Crippen molar-refractivity contribution >= 4 is 34.7 Å². The molecular weight excluding hydrogens is 690 g/mol. The van der Waals surface area contributed by atoms with Crippen molar-refractivity contribution < 1.29 is 38.9 Å². The van der Waals surface area contributed by atoms with E-state index in [0.29, 0.717) is 36.2 Å². The highest BCUT2D eigenvalue weighted by Crippen LogP contribution is 2.39. The van der Waals surface area contributed by atoms with Crippen molar-refractivity contribution in [1.29, 1.82) is 0 Å². The summed E-state index contributed by atoms with van der Waals surface area (Å²) in [4.78, 5) is 68.9. The summed E-state index contributed by atoms with van der Waals surface area (Å²) in [6.07, 6.45) is 15.3. The van der Waals surface area contributed by atoms with Gasteiger partial charge in [-0.05, 0) is 42.7 Å². The zero-order chi connectivity index (χ0) is 38.6. The van der Waals surface area contributed by atoms with Gasteiger partial charge in [-0.2, -0.15) is 0 Å². The van der Waals surface area contributed by atoms with Gasteiger partial charge in [0, 0.05) is 22.9 Å². The number of pyridine rings is 2. The minimum absolute atomic E-state index is 0.113. The molecule has 2 aliphatic heterocycles. The number of aryl methyl sites for hydroxylation is 1. The summed E-state index contributed by atoms with van der Waals surface area (Å²) in [7, 11) is 0. The summed E-state index contributed by atoms with van der Waals surface area (Å²) >= 11 is 0. The Labute approximate surface area is 316 Å². The van der Waals surface area contributed by atoms with Gasteiger partial charge in [0.2, 0.25) is 12.0 Å². The molecule has 0 bridgehead atoms. The second-order valence-electron chi connectivity index (χ2n) is 14.6. The van der Waals surface area contributed by atoms with E-state index in [0.717, 1.165) is 35.8 Å². The number of carbonyl (C=O) groups excluding carboxylic acids is 3. The minimum Gasteiger partial charge on any atom is -0.508 e. The molecule has 12 nitrogen and oxygen atoms in total. The van der Waals surface area contributed by atoms with Crippen LogP contribution in [0.4, 0.5) is 0 Å². The molecule has 2 aromatic heterocycles. The second kappa shape index (κ2) is 19.5. The van der Waals surface area contributed by atoms with Crippen LogP contribution in [0.3, 0.4) is 0 Å². The maximum atomic E-state index is 13.7. The Bertz CT molecular complexity index is 1880. The van der Waals surface area contributed by atoms with Gasteiger partial charge in [-0.3, -0.25) is 14.4 Å². The van der Waals surface area contributed by atoms with E-state index in [9.17, 15) is 34.2 Å². The number of cyclic esters (lactones) is 1. The van der Waals surface area contributed by atoms with Crippen molar-refractivity contribution in [1.82, 2.24) is 14.9 Å². The molecule has 0 spiro atoms. The van der Waals surface area contributed by atoms with E-state index in [4.69, 9.17) is 14.5 Å². The van der Waals surface area contributed by atoms with E-state index < -0.39 is 42.4 Å². The number of aliphatic carboxylic acids is 1. The van der Waals surface area contributed by atoms with Gasteiger partial charge in [0.25, 0.3) is 5.56 Å². The van der Waals surface area contributed by atoms with Crippen LogP contribution in [0, 0.1) is 0 Å². The van der Waals surface area contributed by atoms with Crippen molar-refractivity contribution in [3.63, 3.8) is 0 Å². The number of fused-ring (bicyclic) bond motifs is 5. The molecule has 2 aliphatic rings. The zero-order valence-electron chi connectivity index (χ0n) is 31.8. The number of esters is 2. The number of aromatic hydroxyl groups is 1. The van der Waals surface area contributed by atoms with E-state index >= 15 is 0 Å². The smallest absolute Gasteiger partial charge is 0.352 e. The van der Waals surface area contributed by atoms with Crippen LogP contribution in [0.25, 0.3) is 22.3 Å². The lowest BCUT2D eigenvalue weighted by Crippen LogP contribution is -2.41. The summed E-state index contributed by atoms with van der Waals surface area (Å²) in [5.41, 5.74) is 3.50. The monoisotopic (exact) mass is 745 g/mol. The van der Waals surface area contributed by atoms with Crippen LogP contribution in [0.2, 0.25) is 0 Å². The van der Waals surface area contributed by atoms with Gasteiger partial charge in [-0.25, -0.2) is 14.6 Å². The summed E-state index contributed by atoms with van der Waals surface area (Å²) in [6, 6.07) is 5.49. The van der Waals surface area contributed by atoms with Gasteiger partial charge < -0.3 is 29.6 Å². The number of unbranched alkanes of at least 4 members (excludes halogenated alkanes) is 13. The first kappa shape index (κ1) is 40.4. The molecule has 1 amide bonds. The molecule has 2 atom stereocenters. The predicted molar refractivity (Wildman–Crippen MR) is 204 cm³/mol. The summed E-state index contributed by atoms with van der Waals surface area (Å²) in [6.45, 7) is 4.20. The number of benzene rings is 1. The van der Waals surface area contributed by atoms with Crippen LogP contribution in [0.1, 0.15) is 151 Å². The number of carbonyl (C=O) groups is 4. The van der Waals surface area contributed by atoms with Crippen LogP contribution in [-0.2, 0) is 48.2 Å². The molecule has 54 heavy (non-hydrogen) atoms. The molecule has 0 saturated carbocycles. The topological polar surface area (TPSA) is 174 Å². The maximum absolute atomic E-state index is 13.7. The number of phenols is 1. The number of ether oxygens (including phenoxy) is 2. The third-order valence-electron chi connectivity index (χ3n) is 10.7. The number of carboxylic acid groups (broad SMARTS) is 1. The number of carboxylic acids is 1. The number of aromatic nitrogens is 2. The van der Waals surface area contributed by atoms with Crippen molar-refractivity contribution in [2.24, 2.45) is 0 Å². The molecule has 1 aromatic carbocycles. The number of hydrogen-bond acceptors (Lipinski definition) is 9. The van der Waals surface area contributed by atoms with Gasteiger partial charge in [0.1, 0.15) is 18.4 Å². The number of nitrogens with zero attached hydrogens (tertiary/aromatic N) is 2. The Morgan fingerprint density at radius 3 is 2.19 bits per heavy atom. The van der Waals surface area contributed by atoms with Crippen molar-refractivity contribution in [3.8, 4) is 17.1 Å². The van der Waals surface area contributed by atoms with Crippen LogP contribution in [0.5, 0.6) is 5.75 Å². The van der Waals surface area contributed by atoms with Crippen molar-refractivity contribution in [3.05, 3.63) is 56.9 Å². The van der Waals surface area contributed by atoms with Crippen LogP contribution < -0.4 is 10.9 Å². The maximum Gasteiger partial charge on any atom is 0.352 e. The standard InChI is InChI=1S/C42H55N3O9/c1-3-5-6-7-8-9-10-11-12-13-14-15-16-17-18-34(41(50)51)43-36(47)21-22-37(48)54-39-30-24-35-38-31(25-45(35)40(49)32(30)26-53-42(39)52)28(4-2)29-23-27(46)19-20-33(29)44-38/h19-20,23-24,34,39,46H,3-18,21-22,25-26H2,1-2H3,(H,43,47)(H,50,51)/t34?,39-/m0/s1. The molecule has 4 heterocycles. The van der Waals surface area contributed by atoms with Crippen LogP contribution >= 0.6 is 0 Å². The average Bonchev–Trinajstić information content (AvgIpc) is 3.52. The van der Waals surface area contributed by atoms with Gasteiger partial charge in [-0.1, -0.05) is 104 Å². The van der Waals surface area contributed by atoms with E-state index in [1.165, 1.54) is 64.2 Å². The Morgan fingerprint density at radius 2 is 1.56 bits per heavy atom. The Kier molecular flexibility index (Phi) is 14.6. The molecule has 3 aromatic rings. The fraction of sp³-hybridized carbons (Fsp3) is 0.571. The molecule has 3 N–H and O–H groups in total. The molecule has 0 aliphatic carbocycles. The third kappa shape index (κ3) is 10.1. The lowest BCUT2D eigenvalue weighted by molar-refractivity contribution is -0.171. The SMILES string of the molecule is CCCCCCCCCCCCCCCCC(NC(=O)CCC(=O)O[C@@H]1C(=O)OCc2c1cc1n(c2=O)Cc2c-1nc1ccc(O)cc1c2CC)C(=O)O. The Morgan fingerprint density at radius 1 is 0.907 bits per heavy atom. The van der Waals surface area contributed by atoms with E-state index in [1.807, 2.05) is 6.92 Å². The molecular formula is C42H55N3O9. The minimum atomic E-state index is -1.51. The number of amides is 1. The summed E-state index contributed by atoms with van der Waals surface area (Å²) < 4.78 is 12.3. The van der Waals surface area contributed by atoms with Gasteiger partial charge in [0.15, 0.2) is 0 Å². The zero-order valence-corrected chi connectivity index (χ0v) is 31.8. The number of phenolic OH excluding ortho intramolecular Hbond substituents is 1. The number of rotatable bonds is 22. The first-order valence-corrected chi connectivity index (χ1v) is 19.9. The number of hydrogen-bond donors (Lipinski definition) is 3. The van der Waals surface area contributed by atoms with Gasteiger partial charge in [-0.15, -0.1) is 0 Å². The highest BCUT2D eigenvalue weighted by atomic mass is 16.6. The molecule has 292 valence electrons. The lowest BCUT2D eigenvalue weighted by atomic mass is 9.97. The highest BCUT2D eigenvalue weighted by molar-refractivity contribution is 5.90. The summed E-state index contributed by atoms with van der Waals surface area (Å²) in [5, 5.41) is 23.1. The largest absolute Gasteiger partial charge is 0.508 e. The Hall–Kier alpha value is -4.74. The summed E-state index contributed by atoms with van der Waals surface area (Å²) in [5.74, 6) is -3.33. The van der Waals surface area contributed by atoms with Gasteiger partial charge in [0.05, 0.1) is 35.4 Å². The molecule has 5 rings (SSSR count). The van der Waals surface area contributed by atoms with Gasteiger partial charge >= 0.3 is 17.9 Å². The van der Waals surface area contributed by atoms with Crippen molar-refractivity contribution in [2.75, 3.05) is 0 Å². The Balaban J connectivity index is 1.09. The van der Waals surface area contributed by atoms with Crippen LogP contribution in [-0.4, -0.2) is 49.6 Å². The highest BCUT2D eigenvalue weighted by Gasteiger charge is 2.38. The fourth-order valence-electron chi connectivity index (χ4n) is 7.67. The van der Waals surface area contributed by atoms with E-state index in [1.54, 1.807) is 28.8 Å². The van der Waals surface area contributed by atoms with Crippen molar-refractivity contribution in [2.45, 2.75) is 155 Å². The molecule has 12 heteroatoms. The number of nitrogens with one attached hydrogen (secondary N) is 1. The fourth-order valence-corrected chi connectivity index (χ4v) is 7.67. The molecule has 0 radical (unpaired) electrons. The average molecular weight is 746 g/mol.